The number of nitrogens with two attached hydrogens (primary N) is 1. The Hall–Kier alpha value is -2.68. The van der Waals surface area contributed by atoms with Crippen molar-refractivity contribution in [2.24, 2.45) is 10.7 Å². The summed E-state index contributed by atoms with van der Waals surface area (Å²) in [5, 5.41) is 18.1. The lowest BCUT2D eigenvalue weighted by Crippen LogP contribution is -2.01. The molecule has 1 aromatic carbocycles. The molecule has 1 aliphatic rings. The first kappa shape index (κ1) is 16.4. The summed E-state index contributed by atoms with van der Waals surface area (Å²) in [6, 6.07) is 5.88. The lowest BCUT2D eigenvalue weighted by atomic mass is 10.2. The van der Waals surface area contributed by atoms with Crippen molar-refractivity contribution in [3.05, 3.63) is 44.8 Å². The largest absolute Gasteiger partial charge is 0.481 e. The molecule has 21 heavy (non-hydrogen) atoms. The van der Waals surface area contributed by atoms with Gasteiger partial charge in [-0.3, -0.25) is 19.7 Å². The standard InChI is InChI=1S/C10H7N3O3S.C2H4O2/c11-10-12-9(14)8(17-10)5-6-1-3-7(4-2-6)13(15)16;1-2(3)4/h1-5H,(H2,11,12,14);1H3,(H,3,4)/b8-5+;. The first-order valence-electron chi connectivity index (χ1n) is 5.51. The van der Waals surface area contributed by atoms with Gasteiger partial charge in [-0.1, -0.05) is 0 Å². The van der Waals surface area contributed by atoms with E-state index in [-0.39, 0.29) is 16.8 Å². The zero-order chi connectivity index (χ0) is 16.0. The normalized spacial score (nSPS) is 15.2. The molecule has 9 heteroatoms. The van der Waals surface area contributed by atoms with Crippen molar-refractivity contribution in [1.29, 1.82) is 0 Å². The van der Waals surface area contributed by atoms with Gasteiger partial charge in [0, 0.05) is 19.1 Å². The van der Waals surface area contributed by atoms with Gasteiger partial charge in [0.25, 0.3) is 17.6 Å². The molecule has 0 fully saturated rings. The van der Waals surface area contributed by atoms with Gasteiger partial charge in [0.15, 0.2) is 5.17 Å². The lowest BCUT2D eigenvalue weighted by Gasteiger charge is -1.95. The molecule has 1 heterocycles. The molecule has 0 saturated heterocycles. The number of thioether (sulfide) groups is 1. The van der Waals surface area contributed by atoms with Gasteiger partial charge in [0.1, 0.15) is 0 Å². The van der Waals surface area contributed by atoms with Crippen molar-refractivity contribution in [2.45, 2.75) is 6.92 Å². The third-order valence-corrected chi connectivity index (χ3v) is 2.85. The van der Waals surface area contributed by atoms with Crippen LogP contribution in [0.25, 0.3) is 6.08 Å². The Labute approximate surface area is 123 Å². The predicted molar refractivity (Wildman–Crippen MR) is 78.6 cm³/mol. The van der Waals surface area contributed by atoms with Gasteiger partial charge in [0.2, 0.25) is 0 Å². The highest BCUT2D eigenvalue weighted by Gasteiger charge is 2.19. The molecule has 3 N–H and O–H groups in total. The molecule has 110 valence electrons. The monoisotopic (exact) mass is 309 g/mol. The van der Waals surface area contributed by atoms with Crippen LogP contribution >= 0.6 is 11.8 Å². The summed E-state index contributed by atoms with van der Waals surface area (Å²) in [4.78, 5) is 34.2. The van der Waals surface area contributed by atoms with Crippen molar-refractivity contribution in [3.63, 3.8) is 0 Å². The van der Waals surface area contributed by atoms with Gasteiger partial charge in [-0.05, 0) is 35.5 Å². The van der Waals surface area contributed by atoms with Crippen LogP contribution in [0.1, 0.15) is 12.5 Å². The fourth-order valence-electron chi connectivity index (χ4n) is 1.27. The molecule has 2 rings (SSSR count). The number of amides is 1. The van der Waals surface area contributed by atoms with Crippen molar-refractivity contribution in [1.82, 2.24) is 0 Å². The van der Waals surface area contributed by atoms with Crippen molar-refractivity contribution in [2.75, 3.05) is 0 Å². The summed E-state index contributed by atoms with van der Waals surface area (Å²) in [5.74, 6) is -1.22. The smallest absolute Gasteiger partial charge is 0.300 e. The molecule has 0 aromatic heterocycles. The van der Waals surface area contributed by atoms with E-state index in [9.17, 15) is 14.9 Å². The quantitative estimate of drug-likeness (QED) is 0.481. The maximum absolute atomic E-state index is 11.3. The Morgan fingerprint density at radius 1 is 1.43 bits per heavy atom. The van der Waals surface area contributed by atoms with Gasteiger partial charge >= 0.3 is 0 Å². The van der Waals surface area contributed by atoms with Crippen LogP contribution in [0.5, 0.6) is 0 Å². The molecule has 0 radical (unpaired) electrons. The van der Waals surface area contributed by atoms with E-state index < -0.39 is 10.9 Å². The van der Waals surface area contributed by atoms with E-state index in [1.54, 1.807) is 18.2 Å². The average molecular weight is 309 g/mol. The number of nitro benzene ring substituents is 1. The molecule has 0 unspecified atom stereocenters. The number of rotatable bonds is 2. The van der Waals surface area contributed by atoms with Gasteiger partial charge in [-0.15, -0.1) is 0 Å². The number of amidine groups is 1. The summed E-state index contributed by atoms with van der Waals surface area (Å²) in [7, 11) is 0. The SMILES string of the molecule is CC(=O)O.NC1=NC(=O)/C(=C\c2ccc([N+](=O)[O-])cc2)S1. The molecule has 8 nitrogen and oxygen atoms in total. The number of carboxylic acid groups (broad SMARTS) is 1. The van der Waals surface area contributed by atoms with E-state index in [1.807, 2.05) is 0 Å². The molecule has 0 spiro atoms. The third kappa shape index (κ3) is 5.45. The van der Waals surface area contributed by atoms with Crippen molar-refractivity contribution >= 4 is 40.6 Å². The minimum Gasteiger partial charge on any atom is -0.481 e. The number of hydrogen-bond acceptors (Lipinski definition) is 6. The number of non-ortho nitro benzene ring substituents is 1. The van der Waals surface area contributed by atoms with Crippen LogP contribution < -0.4 is 5.73 Å². The summed E-state index contributed by atoms with van der Waals surface area (Å²) < 4.78 is 0. The van der Waals surface area contributed by atoms with Crippen molar-refractivity contribution < 1.29 is 19.6 Å². The van der Waals surface area contributed by atoms with E-state index in [1.165, 1.54) is 12.1 Å². The summed E-state index contributed by atoms with van der Waals surface area (Å²) in [6.07, 6.45) is 1.60. The minimum atomic E-state index is -0.833. The van der Waals surface area contributed by atoms with Gasteiger partial charge in [-0.25, -0.2) is 0 Å². The molecule has 1 aliphatic heterocycles. The van der Waals surface area contributed by atoms with E-state index in [0.717, 1.165) is 18.7 Å². The number of carbonyl (C=O) groups is 2. The number of nitro groups is 1. The molecular weight excluding hydrogens is 298 g/mol. The predicted octanol–water partition coefficient (Wildman–Crippen LogP) is 1.61. The number of benzene rings is 1. The van der Waals surface area contributed by atoms with Crippen LogP contribution in [-0.2, 0) is 9.59 Å². The highest BCUT2D eigenvalue weighted by molar-refractivity contribution is 8.18. The zero-order valence-electron chi connectivity index (χ0n) is 10.8. The molecular formula is C12H11N3O5S. The van der Waals surface area contributed by atoms with Crippen LogP contribution in [0.3, 0.4) is 0 Å². The van der Waals surface area contributed by atoms with Gasteiger partial charge < -0.3 is 10.8 Å². The topological polar surface area (TPSA) is 136 Å². The minimum absolute atomic E-state index is 0.00770. The first-order valence-corrected chi connectivity index (χ1v) is 6.33. The highest BCUT2D eigenvalue weighted by atomic mass is 32.2. The third-order valence-electron chi connectivity index (χ3n) is 2.04. The fraction of sp³-hybridized carbons (Fsp3) is 0.0833. The Morgan fingerprint density at radius 2 is 1.95 bits per heavy atom. The first-order chi connectivity index (χ1) is 9.79. The summed E-state index contributed by atoms with van der Waals surface area (Å²) >= 11 is 1.08. The molecule has 1 aromatic rings. The Bertz CT molecular complexity index is 633. The average Bonchev–Trinajstić information content (AvgIpc) is 2.67. The second kappa shape index (κ2) is 7.20. The summed E-state index contributed by atoms with van der Waals surface area (Å²) in [5.41, 5.74) is 6.09. The number of aliphatic imine (C=N–C) groups is 1. The van der Waals surface area contributed by atoms with Gasteiger partial charge in [-0.2, -0.15) is 4.99 Å². The van der Waals surface area contributed by atoms with Crippen LogP contribution in [-0.4, -0.2) is 27.1 Å². The van der Waals surface area contributed by atoms with Crippen molar-refractivity contribution in [3.8, 4) is 0 Å². The molecule has 0 atom stereocenters. The number of aliphatic carboxylic acids is 1. The number of carbonyl (C=O) groups excluding carboxylic acids is 1. The lowest BCUT2D eigenvalue weighted by molar-refractivity contribution is -0.384. The second-order valence-electron chi connectivity index (χ2n) is 3.73. The molecule has 0 aliphatic carbocycles. The number of hydrogen-bond donors (Lipinski definition) is 2. The molecule has 1 amide bonds. The highest BCUT2D eigenvalue weighted by Crippen LogP contribution is 2.26. The Morgan fingerprint density at radius 3 is 2.33 bits per heavy atom. The van der Waals surface area contributed by atoms with Crippen LogP contribution in [0.15, 0.2) is 34.2 Å². The second-order valence-corrected chi connectivity index (χ2v) is 4.80. The van der Waals surface area contributed by atoms with Crippen LogP contribution in [0.4, 0.5) is 5.69 Å². The maximum Gasteiger partial charge on any atom is 0.300 e. The van der Waals surface area contributed by atoms with E-state index in [2.05, 4.69) is 4.99 Å². The van der Waals surface area contributed by atoms with E-state index in [4.69, 9.17) is 15.6 Å². The van der Waals surface area contributed by atoms with Crippen LogP contribution in [0, 0.1) is 10.1 Å². The van der Waals surface area contributed by atoms with Crippen LogP contribution in [0.2, 0.25) is 0 Å². The number of carboxylic acids is 1. The molecule has 0 saturated carbocycles. The molecule has 0 bridgehead atoms. The van der Waals surface area contributed by atoms with E-state index in [0.29, 0.717) is 10.5 Å². The zero-order valence-corrected chi connectivity index (χ0v) is 11.7. The fourth-order valence-corrected chi connectivity index (χ4v) is 1.95. The Balaban J connectivity index is 0.000000491. The Kier molecular flexibility index (Phi) is 5.61. The van der Waals surface area contributed by atoms with E-state index >= 15 is 0 Å². The maximum atomic E-state index is 11.3. The summed E-state index contributed by atoms with van der Waals surface area (Å²) in [6.45, 7) is 1.08. The van der Waals surface area contributed by atoms with Gasteiger partial charge in [0.05, 0.1) is 9.83 Å². The number of nitrogens with zero attached hydrogens (tertiary/aromatic N) is 2.